The van der Waals surface area contributed by atoms with Crippen molar-refractivity contribution in [2.45, 2.75) is 26.4 Å². The van der Waals surface area contributed by atoms with Crippen LogP contribution in [0, 0.1) is 0 Å². The summed E-state index contributed by atoms with van der Waals surface area (Å²) in [4.78, 5) is 35.5. The van der Waals surface area contributed by atoms with Crippen LogP contribution in [0.2, 0.25) is 10.0 Å². The zero-order valence-corrected chi connectivity index (χ0v) is 19.1. The van der Waals surface area contributed by atoms with Gasteiger partial charge in [0.25, 0.3) is 5.91 Å². The molecule has 32 heavy (non-hydrogen) atoms. The van der Waals surface area contributed by atoms with E-state index in [0.717, 1.165) is 0 Å². The first-order chi connectivity index (χ1) is 15.3. The number of halogens is 2. The molecule has 2 rings (SSSR count). The minimum atomic E-state index is -0.717. The SMILES string of the molecule is CCOC(=O)C(C)Oc1ccc(C=NNC(=O)CCNC(=O)c2ccc(Cl)c(Cl)c2)cc1. The molecule has 10 heteroatoms. The highest BCUT2D eigenvalue weighted by molar-refractivity contribution is 6.42. The van der Waals surface area contributed by atoms with Crippen molar-refractivity contribution < 1.29 is 23.9 Å². The molecule has 0 spiro atoms. The van der Waals surface area contributed by atoms with Gasteiger partial charge in [-0.05, 0) is 61.9 Å². The molecule has 0 bridgehead atoms. The molecule has 0 saturated heterocycles. The van der Waals surface area contributed by atoms with Gasteiger partial charge in [0.1, 0.15) is 5.75 Å². The maximum Gasteiger partial charge on any atom is 0.347 e. The van der Waals surface area contributed by atoms with Crippen LogP contribution < -0.4 is 15.5 Å². The first kappa shape index (κ1) is 25.2. The molecule has 0 fully saturated rings. The molecule has 2 amide bonds. The first-order valence-corrected chi connectivity index (χ1v) is 10.5. The fourth-order valence-electron chi connectivity index (χ4n) is 2.41. The van der Waals surface area contributed by atoms with Gasteiger partial charge in [-0.1, -0.05) is 23.2 Å². The smallest absolute Gasteiger partial charge is 0.347 e. The second-order valence-electron chi connectivity index (χ2n) is 6.51. The van der Waals surface area contributed by atoms with Crippen LogP contribution >= 0.6 is 23.2 Å². The van der Waals surface area contributed by atoms with Crippen LogP contribution in [-0.4, -0.2) is 43.3 Å². The van der Waals surface area contributed by atoms with Crippen molar-refractivity contribution >= 4 is 47.2 Å². The van der Waals surface area contributed by atoms with Crippen molar-refractivity contribution in [1.29, 1.82) is 0 Å². The van der Waals surface area contributed by atoms with Crippen molar-refractivity contribution in [3.8, 4) is 5.75 Å². The van der Waals surface area contributed by atoms with Crippen LogP contribution in [0.1, 0.15) is 36.2 Å². The standard InChI is InChI=1S/C22H23Cl2N3O5/c1-3-31-22(30)14(2)32-17-7-4-15(5-8-17)13-26-27-20(28)10-11-25-21(29)16-6-9-18(23)19(24)12-16/h4-9,12-14H,3,10-11H2,1-2H3,(H,25,29)(H,27,28). The minimum Gasteiger partial charge on any atom is -0.479 e. The zero-order chi connectivity index (χ0) is 23.5. The van der Waals surface area contributed by atoms with Gasteiger partial charge in [0.15, 0.2) is 6.10 Å². The predicted molar refractivity (Wildman–Crippen MR) is 122 cm³/mol. The third kappa shape index (κ3) is 8.20. The number of hydrogen-bond acceptors (Lipinski definition) is 6. The Morgan fingerprint density at radius 1 is 1.09 bits per heavy atom. The highest BCUT2D eigenvalue weighted by Crippen LogP contribution is 2.22. The number of carbonyl (C=O) groups excluding carboxylic acids is 3. The summed E-state index contributed by atoms with van der Waals surface area (Å²) in [6.45, 7) is 3.75. The number of esters is 1. The number of hydrazone groups is 1. The number of hydrogen-bond donors (Lipinski definition) is 2. The van der Waals surface area contributed by atoms with Gasteiger partial charge in [0.2, 0.25) is 5.91 Å². The topological polar surface area (TPSA) is 106 Å². The lowest BCUT2D eigenvalue weighted by atomic mass is 10.2. The van der Waals surface area contributed by atoms with Gasteiger partial charge in [-0.25, -0.2) is 10.2 Å². The molecule has 0 heterocycles. The molecule has 0 aliphatic heterocycles. The van der Waals surface area contributed by atoms with Crippen LogP contribution in [-0.2, 0) is 14.3 Å². The predicted octanol–water partition coefficient (Wildman–Crippen LogP) is 3.59. The van der Waals surface area contributed by atoms with Gasteiger partial charge in [-0.15, -0.1) is 0 Å². The number of benzene rings is 2. The van der Waals surface area contributed by atoms with Gasteiger partial charge in [-0.2, -0.15) is 5.10 Å². The van der Waals surface area contributed by atoms with Crippen LogP contribution in [0.25, 0.3) is 0 Å². The van der Waals surface area contributed by atoms with Gasteiger partial charge in [-0.3, -0.25) is 9.59 Å². The van der Waals surface area contributed by atoms with E-state index < -0.39 is 12.1 Å². The lowest BCUT2D eigenvalue weighted by Crippen LogP contribution is -2.29. The van der Waals surface area contributed by atoms with E-state index in [4.69, 9.17) is 32.7 Å². The van der Waals surface area contributed by atoms with Gasteiger partial charge < -0.3 is 14.8 Å². The van der Waals surface area contributed by atoms with Crippen LogP contribution in [0.3, 0.4) is 0 Å². The third-order valence-electron chi connectivity index (χ3n) is 4.03. The second-order valence-corrected chi connectivity index (χ2v) is 7.32. The molecular weight excluding hydrogens is 457 g/mol. The lowest BCUT2D eigenvalue weighted by Gasteiger charge is -2.13. The summed E-state index contributed by atoms with van der Waals surface area (Å²) < 4.78 is 10.4. The summed E-state index contributed by atoms with van der Waals surface area (Å²) in [5.74, 6) is -0.656. The molecular formula is C22H23Cl2N3O5. The fourth-order valence-corrected chi connectivity index (χ4v) is 2.71. The maximum absolute atomic E-state index is 12.0. The van der Waals surface area contributed by atoms with Crippen molar-refractivity contribution in [1.82, 2.24) is 10.7 Å². The van der Waals surface area contributed by atoms with Crippen molar-refractivity contribution in [2.24, 2.45) is 5.10 Å². The Morgan fingerprint density at radius 3 is 2.47 bits per heavy atom. The van der Waals surface area contributed by atoms with Crippen molar-refractivity contribution in [3.05, 3.63) is 63.6 Å². The van der Waals surface area contributed by atoms with E-state index in [0.29, 0.717) is 21.9 Å². The summed E-state index contributed by atoms with van der Waals surface area (Å²) in [6.07, 6.45) is 0.791. The van der Waals surface area contributed by atoms with Gasteiger partial charge in [0, 0.05) is 18.5 Å². The molecule has 0 aliphatic rings. The Morgan fingerprint density at radius 2 is 1.81 bits per heavy atom. The molecule has 2 aromatic rings. The Bertz CT molecular complexity index is 980. The van der Waals surface area contributed by atoms with E-state index in [9.17, 15) is 14.4 Å². The normalized spacial score (nSPS) is 11.6. The van der Waals surface area contributed by atoms with Gasteiger partial charge >= 0.3 is 5.97 Å². The first-order valence-electron chi connectivity index (χ1n) is 9.78. The summed E-state index contributed by atoms with van der Waals surface area (Å²) in [5.41, 5.74) is 3.45. The molecule has 0 radical (unpaired) electrons. The Hall–Kier alpha value is -3.10. The lowest BCUT2D eigenvalue weighted by molar-refractivity contribution is -0.150. The second kappa shape index (κ2) is 12.7. The molecule has 2 N–H and O–H groups in total. The monoisotopic (exact) mass is 479 g/mol. The summed E-state index contributed by atoms with van der Waals surface area (Å²) in [7, 11) is 0. The van der Waals surface area contributed by atoms with Crippen molar-refractivity contribution in [3.63, 3.8) is 0 Å². The number of ether oxygens (including phenoxy) is 2. The Balaban J connectivity index is 1.73. The largest absolute Gasteiger partial charge is 0.479 e. The van der Waals surface area contributed by atoms with E-state index in [2.05, 4.69) is 15.8 Å². The summed E-state index contributed by atoms with van der Waals surface area (Å²) in [6, 6.07) is 11.3. The number of nitrogens with zero attached hydrogens (tertiary/aromatic N) is 1. The number of carbonyl (C=O) groups is 3. The molecule has 0 aliphatic carbocycles. The quantitative estimate of drug-likeness (QED) is 0.307. The van der Waals surface area contributed by atoms with Crippen LogP contribution in [0.5, 0.6) is 5.75 Å². The van der Waals surface area contributed by atoms with E-state index >= 15 is 0 Å². The Labute approximate surface area is 195 Å². The number of rotatable bonds is 10. The Kier molecular flexibility index (Phi) is 9.97. The van der Waals surface area contributed by atoms with Crippen LogP contribution in [0.4, 0.5) is 0 Å². The average Bonchev–Trinajstić information content (AvgIpc) is 2.77. The molecule has 0 saturated carbocycles. The number of amides is 2. The maximum atomic E-state index is 12.0. The molecule has 2 aromatic carbocycles. The fraction of sp³-hybridized carbons (Fsp3) is 0.273. The molecule has 0 aromatic heterocycles. The highest BCUT2D eigenvalue weighted by atomic mass is 35.5. The van der Waals surface area contributed by atoms with Gasteiger partial charge in [0.05, 0.1) is 22.9 Å². The average molecular weight is 480 g/mol. The molecule has 8 nitrogen and oxygen atoms in total. The molecule has 1 atom stereocenters. The van der Waals surface area contributed by atoms with E-state index in [1.54, 1.807) is 44.2 Å². The van der Waals surface area contributed by atoms with Crippen LogP contribution in [0.15, 0.2) is 47.6 Å². The van der Waals surface area contributed by atoms with E-state index in [-0.39, 0.29) is 36.4 Å². The summed E-state index contributed by atoms with van der Waals surface area (Å²) >= 11 is 11.7. The highest BCUT2D eigenvalue weighted by Gasteiger charge is 2.15. The number of nitrogens with one attached hydrogen (secondary N) is 2. The molecule has 170 valence electrons. The van der Waals surface area contributed by atoms with Crippen molar-refractivity contribution in [2.75, 3.05) is 13.2 Å². The van der Waals surface area contributed by atoms with E-state index in [1.807, 2.05) is 0 Å². The minimum absolute atomic E-state index is 0.0446. The van der Waals surface area contributed by atoms with E-state index in [1.165, 1.54) is 18.3 Å². The zero-order valence-electron chi connectivity index (χ0n) is 17.6. The third-order valence-corrected chi connectivity index (χ3v) is 4.77. The summed E-state index contributed by atoms with van der Waals surface area (Å²) in [5, 5.41) is 7.13. The molecule has 1 unspecified atom stereocenters.